The highest BCUT2D eigenvalue weighted by Gasteiger charge is 2.25. The van der Waals surface area contributed by atoms with E-state index >= 15 is 0 Å². The number of nitrogens with one attached hydrogen (secondary N) is 1. The summed E-state index contributed by atoms with van der Waals surface area (Å²) in [6.07, 6.45) is 1.24. The lowest BCUT2D eigenvalue weighted by Gasteiger charge is -2.22. The molecule has 1 rings (SSSR count). The zero-order valence-electron chi connectivity index (χ0n) is 9.57. The predicted molar refractivity (Wildman–Crippen MR) is 67.6 cm³/mol. The van der Waals surface area contributed by atoms with E-state index in [1.165, 1.54) is 6.26 Å². The number of hydrogen-bond acceptors (Lipinski definition) is 3. The zero-order chi connectivity index (χ0) is 12.3. The highest BCUT2D eigenvalue weighted by molar-refractivity contribution is 7.91. The molecule has 0 amide bonds. The second-order valence-electron chi connectivity index (χ2n) is 3.86. The van der Waals surface area contributed by atoms with Crippen molar-refractivity contribution in [3.05, 3.63) is 34.9 Å². The molecule has 0 heterocycles. The van der Waals surface area contributed by atoms with E-state index < -0.39 is 15.1 Å². The fourth-order valence-corrected chi connectivity index (χ4v) is 2.61. The minimum absolute atomic E-state index is 0.242. The molecule has 0 aromatic heterocycles. The van der Waals surface area contributed by atoms with Crippen molar-refractivity contribution in [2.24, 2.45) is 0 Å². The molecule has 5 heteroatoms. The van der Waals surface area contributed by atoms with Crippen molar-refractivity contribution in [3.8, 4) is 0 Å². The Labute approximate surface area is 102 Å². The van der Waals surface area contributed by atoms with E-state index in [2.05, 4.69) is 5.32 Å². The lowest BCUT2D eigenvalue weighted by Crippen LogP contribution is -2.32. The van der Waals surface area contributed by atoms with Crippen LogP contribution in [-0.4, -0.2) is 27.0 Å². The molecule has 0 bridgehead atoms. The molecule has 0 saturated carbocycles. The van der Waals surface area contributed by atoms with Crippen LogP contribution in [0.4, 0.5) is 0 Å². The number of benzene rings is 1. The lowest BCUT2D eigenvalue weighted by atomic mass is 10.0. The Hall–Kier alpha value is -0.580. The molecule has 0 aliphatic rings. The standard InChI is InChI=1S/C11H16ClNO2S/c1-8(16(3,14)15)11(13-2)9-5-4-6-10(12)7-9/h4-8,11,13H,1-3H3. The summed E-state index contributed by atoms with van der Waals surface area (Å²) in [7, 11) is -1.34. The van der Waals surface area contributed by atoms with Crippen LogP contribution in [-0.2, 0) is 9.84 Å². The van der Waals surface area contributed by atoms with E-state index in [1.54, 1.807) is 26.1 Å². The van der Waals surface area contributed by atoms with E-state index in [0.717, 1.165) is 5.56 Å². The highest BCUT2D eigenvalue weighted by Crippen LogP contribution is 2.23. The Morgan fingerprint density at radius 3 is 2.44 bits per heavy atom. The summed E-state index contributed by atoms with van der Waals surface area (Å²) in [6, 6.07) is 6.99. The molecule has 2 atom stereocenters. The maximum absolute atomic E-state index is 11.5. The van der Waals surface area contributed by atoms with Crippen LogP contribution in [0.15, 0.2) is 24.3 Å². The molecule has 1 N–H and O–H groups in total. The normalized spacial score (nSPS) is 15.8. The van der Waals surface area contributed by atoms with Crippen molar-refractivity contribution >= 4 is 21.4 Å². The molecule has 1 aromatic rings. The molecule has 3 nitrogen and oxygen atoms in total. The summed E-state index contributed by atoms with van der Waals surface area (Å²) < 4.78 is 23.0. The summed E-state index contributed by atoms with van der Waals surface area (Å²) in [5.74, 6) is 0. The van der Waals surface area contributed by atoms with E-state index in [0.29, 0.717) is 5.02 Å². The Bertz CT molecular complexity index is 459. The average Bonchev–Trinajstić information content (AvgIpc) is 2.17. The molecule has 16 heavy (non-hydrogen) atoms. The molecule has 90 valence electrons. The summed E-state index contributed by atoms with van der Waals surface area (Å²) in [4.78, 5) is 0. The topological polar surface area (TPSA) is 46.2 Å². The third-order valence-electron chi connectivity index (χ3n) is 2.66. The summed E-state index contributed by atoms with van der Waals surface area (Å²) in [6.45, 7) is 1.69. The van der Waals surface area contributed by atoms with Gasteiger partial charge in [-0.1, -0.05) is 23.7 Å². The number of hydrogen-bond donors (Lipinski definition) is 1. The van der Waals surface area contributed by atoms with Gasteiger partial charge < -0.3 is 5.32 Å². The Balaban J connectivity index is 3.08. The second-order valence-corrected chi connectivity index (χ2v) is 6.70. The largest absolute Gasteiger partial charge is 0.312 e. The van der Waals surface area contributed by atoms with Crippen molar-refractivity contribution in [3.63, 3.8) is 0 Å². The van der Waals surface area contributed by atoms with E-state index in [4.69, 9.17) is 11.6 Å². The van der Waals surface area contributed by atoms with E-state index in [-0.39, 0.29) is 6.04 Å². The van der Waals surface area contributed by atoms with Crippen LogP contribution in [0.25, 0.3) is 0 Å². The summed E-state index contributed by atoms with van der Waals surface area (Å²) >= 11 is 5.89. The summed E-state index contributed by atoms with van der Waals surface area (Å²) in [5, 5.41) is 3.13. The van der Waals surface area contributed by atoms with Gasteiger partial charge in [0, 0.05) is 17.3 Å². The highest BCUT2D eigenvalue weighted by atomic mass is 35.5. The smallest absolute Gasteiger partial charge is 0.151 e. The Kier molecular flexibility index (Phi) is 4.35. The SMILES string of the molecule is CNC(c1cccc(Cl)c1)C(C)S(C)(=O)=O. The molecule has 2 unspecified atom stereocenters. The minimum Gasteiger partial charge on any atom is -0.312 e. The van der Waals surface area contributed by atoms with Gasteiger partial charge in [0.1, 0.15) is 0 Å². The van der Waals surface area contributed by atoms with Gasteiger partial charge in [-0.15, -0.1) is 0 Å². The molecular formula is C11H16ClNO2S. The first kappa shape index (κ1) is 13.5. The molecule has 0 aliphatic carbocycles. The van der Waals surface area contributed by atoms with Crippen molar-refractivity contribution in [2.45, 2.75) is 18.2 Å². The number of sulfone groups is 1. The molecule has 0 aliphatic heterocycles. The van der Waals surface area contributed by atoms with Gasteiger partial charge in [0.25, 0.3) is 0 Å². The van der Waals surface area contributed by atoms with Crippen LogP contribution < -0.4 is 5.32 Å². The Morgan fingerprint density at radius 1 is 1.38 bits per heavy atom. The summed E-state index contributed by atoms with van der Waals surface area (Å²) in [5.41, 5.74) is 0.882. The van der Waals surface area contributed by atoms with E-state index in [1.807, 2.05) is 12.1 Å². The predicted octanol–water partition coefficient (Wildman–Crippen LogP) is 2.03. The van der Waals surface area contributed by atoms with Crippen LogP contribution in [0, 0.1) is 0 Å². The van der Waals surface area contributed by atoms with Crippen LogP contribution in [0.2, 0.25) is 5.02 Å². The van der Waals surface area contributed by atoms with Gasteiger partial charge in [-0.05, 0) is 31.7 Å². The molecule has 0 radical (unpaired) electrons. The first-order chi connectivity index (χ1) is 7.36. The van der Waals surface area contributed by atoms with Crippen LogP contribution in [0.1, 0.15) is 18.5 Å². The van der Waals surface area contributed by atoms with Gasteiger partial charge in [0.05, 0.1) is 5.25 Å². The molecule has 0 spiro atoms. The lowest BCUT2D eigenvalue weighted by molar-refractivity contribution is 0.535. The van der Waals surface area contributed by atoms with Gasteiger partial charge in [-0.2, -0.15) is 0 Å². The second kappa shape index (κ2) is 5.17. The van der Waals surface area contributed by atoms with Crippen LogP contribution >= 0.6 is 11.6 Å². The van der Waals surface area contributed by atoms with Crippen molar-refractivity contribution in [1.82, 2.24) is 5.32 Å². The fourth-order valence-electron chi connectivity index (χ4n) is 1.62. The van der Waals surface area contributed by atoms with Gasteiger partial charge in [-0.3, -0.25) is 0 Å². The maximum atomic E-state index is 11.5. The molecule has 0 saturated heterocycles. The first-order valence-corrected chi connectivity index (χ1v) is 7.31. The fraction of sp³-hybridized carbons (Fsp3) is 0.455. The molecule has 1 aromatic carbocycles. The monoisotopic (exact) mass is 261 g/mol. The molecule has 0 fully saturated rings. The van der Waals surface area contributed by atoms with Crippen LogP contribution in [0.5, 0.6) is 0 Å². The van der Waals surface area contributed by atoms with Gasteiger partial charge in [-0.25, -0.2) is 8.42 Å². The maximum Gasteiger partial charge on any atom is 0.151 e. The van der Waals surface area contributed by atoms with Crippen molar-refractivity contribution in [2.75, 3.05) is 13.3 Å². The quantitative estimate of drug-likeness (QED) is 0.902. The first-order valence-electron chi connectivity index (χ1n) is 4.98. The third kappa shape index (κ3) is 3.20. The number of rotatable bonds is 4. The molecular weight excluding hydrogens is 246 g/mol. The van der Waals surface area contributed by atoms with Gasteiger partial charge >= 0.3 is 0 Å². The minimum atomic E-state index is -3.08. The zero-order valence-corrected chi connectivity index (χ0v) is 11.1. The van der Waals surface area contributed by atoms with Crippen molar-refractivity contribution < 1.29 is 8.42 Å². The van der Waals surface area contributed by atoms with Crippen LogP contribution in [0.3, 0.4) is 0 Å². The van der Waals surface area contributed by atoms with Crippen molar-refractivity contribution in [1.29, 1.82) is 0 Å². The van der Waals surface area contributed by atoms with E-state index in [9.17, 15) is 8.42 Å². The third-order valence-corrected chi connectivity index (χ3v) is 4.52. The Morgan fingerprint density at radius 2 is 2.00 bits per heavy atom. The average molecular weight is 262 g/mol. The number of halogens is 1. The van der Waals surface area contributed by atoms with Gasteiger partial charge in [0.2, 0.25) is 0 Å². The van der Waals surface area contributed by atoms with Gasteiger partial charge in [0.15, 0.2) is 9.84 Å².